The number of hydrogen-bond donors (Lipinski definition) is 1. The van der Waals surface area contributed by atoms with E-state index in [0.29, 0.717) is 39.1 Å². The van der Waals surface area contributed by atoms with E-state index in [0.717, 1.165) is 16.8 Å². The first-order valence-corrected chi connectivity index (χ1v) is 10.8. The number of amides is 1. The number of anilines is 1. The zero-order valence-corrected chi connectivity index (χ0v) is 17.1. The Kier molecular flexibility index (Phi) is 6.49. The highest BCUT2D eigenvalue weighted by Gasteiger charge is 2.26. The highest BCUT2D eigenvalue weighted by Crippen LogP contribution is 2.19. The summed E-state index contributed by atoms with van der Waals surface area (Å²) in [4.78, 5) is 12.5. The van der Waals surface area contributed by atoms with Gasteiger partial charge in [0.05, 0.1) is 18.1 Å². The molecule has 7 heteroatoms. The first kappa shape index (κ1) is 20.5. The molecule has 2 aromatic carbocycles. The van der Waals surface area contributed by atoms with Crippen molar-refractivity contribution < 1.29 is 17.9 Å². The number of benzene rings is 2. The normalized spacial score (nSPS) is 15.4. The Labute approximate surface area is 166 Å². The van der Waals surface area contributed by atoms with E-state index in [1.165, 1.54) is 9.87 Å². The maximum absolute atomic E-state index is 12.6. The predicted molar refractivity (Wildman–Crippen MR) is 109 cm³/mol. The third-order valence-corrected chi connectivity index (χ3v) is 6.88. The number of sulfonamides is 1. The van der Waals surface area contributed by atoms with Crippen molar-refractivity contribution in [2.45, 2.75) is 31.6 Å². The van der Waals surface area contributed by atoms with Crippen LogP contribution in [0.4, 0.5) is 5.69 Å². The molecule has 0 saturated carbocycles. The third-order valence-electron chi connectivity index (χ3n) is 4.96. The van der Waals surface area contributed by atoms with Crippen LogP contribution in [0.15, 0.2) is 47.4 Å². The Balaban J connectivity index is 1.56. The molecule has 1 N–H and O–H groups in total. The van der Waals surface area contributed by atoms with E-state index in [4.69, 9.17) is 4.74 Å². The molecule has 1 fully saturated rings. The molecule has 1 aliphatic rings. The van der Waals surface area contributed by atoms with Crippen LogP contribution >= 0.6 is 0 Å². The molecule has 6 nitrogen and oxygen atoms in total. The summed E-state index contributed by atoms with van der Waals surface area (Å²) in [6, 6.07) is 12.6. The molecule has 1 aliphatic heterocycles. The lowest BCUT2D eigenvalue weighted by molar-refractivity contribution is -0.116. The van der Waals surface area contributed by atoms with Gasteiger partial charge in [0.15, 0.2) is 0 Å². The Morgan fingerprint density at radius 1 is 1.04 bits per heavy atom. The Bertz CT molecular complexity index is 933. The highest BCUT2D eigenvalue weighted by molar-refractivity contribution is 7.89. The van der Waals surface area contributed by atoms with Crippen LogP contribution in [0.25, 0.3) is 0 Å². The number of rotatable bonds is 6. The van der Waals surface area contributed by atoms with Gasteiger partial charge in [-0.2, -0.15) is 4.31 Å². The van der Waals surface area contributed by atoms with Gasteiger partial charge in [-0.25, -0.2) is 8.42 Å². The summed E-state index contributed by atoms with van der Waals surface area (Å²) in [7, 11) is -3.48. The van der Waals surface area contributed by atoms with Crippen LogP contribution in [0.3, 0.4) is 0 Å². The van der Waals surface area contributed by atoms with Gasteiger partial charge in [0.1, 0.15) is 0 Å². The van der Waals surface area contributed by atoms with Crippen molar-refractivity contribution in [3.63, 3.8) is 0 Å². The summed E-state index contributed by atoms with van der Waals surface area (Å²) in [5.74, 6) is -0.0618. The molecule has 1 heterocycles. The SMILES string of the molecule is Cc1ccc(NC(=O)CCc2ccc(S(=O)(=O)N3CCOCC3)cc2)cc1C. The van der Waals surface area contributed by atoms with E-state index in [1.807, 2.05) is 32.0 Å². The quantitative estimate of drug-likeness (QED) is 0.806. The van der Waals surface area contributed by atoms with Gasteiger partial charge in [-0.1, -0.05) is 18.2 Å². The van der Waals surface area contributed by atoms with E-state index in [1.54, 1.807) is 24.3 Å². The summed E-state index contributed by atoms with van der Waals surface area (Å²) >= 11 is 0. The molecule has 1 amide bonds. The average Bonchev–Trinajstić information content (AvgIpc) is 2.70. The van der Waals surface area contributed by atoms with Crippen LogP contribution in [0.5, 0.6) is 0 Å². The van der Waals surface area contributed by atoms with Crippen LogP contribution in [0, 0.1) is 13.8 Å². The zero-order valence-electron chi connectivity index (χ0n) is 16.3. The van der Waals surface area contributed by atoms with Gasteiger partial charge in [-0.15, -0.1) is 0 Å². The fourth-order valence-electron chi connectivity index (χ4n) is 3.06. The second-order valence-corrected chi connectivity index (χ2v) is 8.95. The molecule has 150 valence electrons. The first-order valence-electron chi connectivity index (χ1n) is 9.40. The molecule has 0 aromatic heterocycles. The lowest BCUT2D eigenvalue weighted by Crippen LogP contribution is -2.40. The van der Waals surface area contributed by atoms with Gasteiger partial charge in [0.25, 0.3) is 0 Å². The fraction of sp³-hybridized carbons (Fsp3) is 0.381. The van der Waals surface area contributed by atoms with E-state index in [2.05, 4.69) is 5.32 Å². The van der Waals surface area contributed by atoms with Crippen LogP contribution in [0.1, 0.15) is 23.1 Å². The minimum atomic E-state index is -3.48. The highest BCUT2D eigenvalue weighted by atomic mass is 32.2. The van der Waals surface area contributed by atoms with Crippen LogP contribution in [-0.2, 0) is 26.0 Å². The van der Waals surface area contributed by atoms with E-state index in [-0.39, 0.29) is 10.8 Å². The van der Waals surface area contributed by atoms with Crippen LogP contribution in [0.2, 0.25) is 0 Å². The van der Waals surface area contributed by atoms with Crippen molar-refractivity contribution in [1.82, 2.24) is 4.31 Å². The number of carbonyl (C=O) groups excluding carboxylic acids is 1. The Hall–Kier alpha value is -2.22. The summed E-state index contributed by atoms with van der Waals surface area (Å²) in [6.45, 7) is 5.65. The maximum atomic E-state index is 12.6. The van der Waals surface area contributed by atoms with Crippen molar-refractivity contribution in [2.75, 3.05) is 31.6 Å². The van der Waals surface area contributed by atoms with E-state index in [9.17, 15) is 13.2 Å². The average molecular weight is 403 g/mol. The summed E-state index contributed by atoms with van der Waals surface area (Å²) in [5, 5.41) is 2.91. The minimum Gasteiger partial charge on any atom is -0.379 e. The molecule has 0 unspecified atom stereocenters. The van der Waals surface area contributed by atoms with E-state index >= 15 is 0 Å². The molecule has 0 atom stereocenters. The standard InChI is InChI=1S/C21H26N2O4S/c1-16-3-7-19(15-17(16)2)22-21(24)10-6-18-4-8-20(9-5-18)28(25,26)23-11-13-27-14-12-23/h3-5,7-9,15H,6,10-14H2,1-2H3,(H,22,24). The predicted octanol–water partition coefficient (Wildman–Crippen LogP) is 2.90. The number of carbonyl (C=O) groups is 1. The largest absolute Gasteiger partial charge is 0.379 e. The van der Waals surface area contributed by atoms with Gasteiger partial charge in [-0.05, 0) is 61.2 Å². The fourth-order valence-corrected chi connectivity index (χ4v) is 4.47. The second kappa shape index (κ2) is 8.86. The minimum absolute atomic E-state index is 0.0618. The van der Waals surface area contributed by atoms with Crippen LogP contribution < -0.4 is 5.32 Å². The van der Waals surface area contributed by atoms with Crippen LogP contribution in [-0.4, -0.2) is 44.9 Å². The molecule has 0 radical (unpaired) electrons. The van der Waals surface area contributed by atoms with E-state index < -0.39 is 10.0 Å². The number of ether oxygens (including phenoxy) is 1. The lowest BCUT2D eigenvalue weighted by Gasteiger charge is -2.26. The zero-order chi connectivity index (χ0) is 20.1. The number of nitrogens with one attached hydrogen (secondary N) is 1. The Morgan fingerprint density at radius 3 is 2.36 bits per heavy atom. The molecule has 1 saturated heterocycles. The molecule has 28 heavy (non-hydrogen) atoms. The number of aryl methyl sites for hydroxylation is 3. The van der Waals surface area contributed by atoms with Crippen molar-refractivity contribution >= 4 is 21.6 Å². The Morgan fingerprint density at radius 2 is 1.71 bits per heavy atom. The third kappa shape index (κ3) is 4.98. The molecular weight excluding hydrogens is 376 g/mol. The molecular formula is C21H26N2O4S. The van der Waals surface area contributed by atoms with Crippen molar-refractivity contribution in [3.05, 3.63) is 59.2 Å². The molecule has 0 aliphatic carbocycles. The van der Waals surface area contributed by atoms with Gasteiger partial charge < -0.3 is 10.1 Å². The van der Waals surface area contributed by atoms with Crippen molar-refractivity contribution in [1.29, 1.82) is 0 Å². The summed E-state index contributed by atoms with van der Waals surface area (Å²) in [5.41, 5.74) is 4.04. The number of morpholine rings is 1. The molecule has 0 spiro atoms. The summed E-state index contributed by atoms with van der Waals surface area (Å²) in [6.07, 6.45) is 0.886. The number of hydrogen-bond acceptors (Lipinski definition) is 4. The van der Waals surface area contributed by atoms with Gasteiger partial charge >= 0.3 is 0 Å². The van der Waals surface area contributed by atoms with Gasteiger partial charge in [0, 0.05) is 25.2 Å². The maximum Gasteiger partial charge on any atom is 0.243 e. The van der Waals surface area contributed by atoms with Crippen molar-refractivity contribution in [2.24, 2.45) is 0 Å². The number of nitrogens with zero attached hydrogens (tertiary/aromatic N) is 1. The summed E-state index contributed by atoms with van der Waals surface area (Å²) < 4.78 is 31.9. The van der Waals surface area contributed by atoms with Crippen molar-refractivity contribution in [3.8, 4) is 0 Å². The first-order chi connectivity index (χ1) is 13.4. The molecule has 3 rings (SSSR count). The second-order valence-electron chi connectivity index (χ2n) is 7.01. The molecule has 0 bridgehead atoms. The monoisotopic (exact) mass is 402 g/mol. The lowest BCUT2D eigenvalue weighted by atomic mass is 10.1. The molecule has 2 aromatic rings. The smallest absolute Gasteiger partial charge is 0.243 e. The topological polar surface area (TPSA) is 75.7 Å². The van der Waals surface area contributed by atoms with Gasteiger partial charge in [-0.3, -0.25) is 4.79 Å². The van der Waals surface area contributed by atoms with Gasteiger partial charge in [0.2, 0.25) is 15.9 Å².